The summed E-state index contributed by atoms with van der Waals surface area (Å²) in [6.07, 6.45) is 4.00. The molecule has 0 bridgehead atoms. The van der Waals surface area contributed by atoms with Crippen molar-refractivity contribution in [3.8, 4) is 5.88 Å². The van der Waals surface area contributed by atoms with Gasteiger partial charge in [-0.3, -0.25) is 29.5 Å². The number of amides is 2. The average molecular weight is 1380 g/mol. The van der Waals surface area contributed by atoms with Gasteiger partial charge in [0.1, 0.15) is 29.3 Å². The maximum Gasteiger partial charge on any atom is 0.338 e. The predicted octanol–water partition coefficient (Wildman–Crippen LogP) is 8.48. The van der Waals surface area contributed by atoms with Crippen LogP contribution in [0.25, 0.3) is 10.9 Å². The first-order valence-corrected chi connectivity index (χ1v) is 29.1. The number of ether oxygens (including phenoxy) is 2. The Morgan fingerprint density at radius 2 is 1.36 bits per heavy atom. The number of aromatic carboxylic acids is 1. The molecule has 2 aliphatic carbocycles. The molecule has 0 radical (unpaired) electrons. The number of aromatic nitrogens is 2. The van der Waals surface area contributed by atoms with Crippen molar-refractivity contribution < 1.29 is 76.5 Å². The maximum absolute atomic E-state index is 16.1. The molecule has 18 nitrogen and oxygen atoms in total. The largest absolute Gasteiger partial charge is 1.00 e. The summed E-state index contributed by atoms with van der Waals surface area (Å²) in [6.45, 7) is 0.865. The number of anilines is 2. The molecule has 25 heteroatoms. The molecule has 14 rings (SSSR count). The van der Waals surface area contributed by atoms with Gasteiger partial charge in [0.25, 0.3) is 5.69 Å². The minimum Gasteiger partial charge on any atom is -1.00 e. The molecule has 4 fully saturated rings. The van der Waals surface area contributed by atoms with Crippen LogP contribution in [0.2, 0.25) is 20.1 Å². The van der Waals surface area contributed by atoms with Gasteiger partial charge in [-0.15, -0.1) is 0 Å². The Kier molecular flexibility index (Phi) is 17.0. The number of hydrogen-bond acceptors (Lipinski definition) is 13. The molecule has 8 atom stereocenters. The lowest BCUT2D eigenvalue weighted by molar-refractivity contribution is -0.385. The van der Waals surface area contributed by atoms with E-state index in [2.05, 4.69) is 20.9 Å². The molecule has 5 N–H and O–H groups in total. The number of fused-ring (bicyclic) bond motifs is 9. The van der Waals surface area contributed by atoms with Crippen molar-refractivity contribution in [2.75, 3.05) is 44.0 Å². The number of carbonyl (C=O) groups excluding carboxylic acids is 3. The lowest BCUT2D eigenvalue weighted by atomic mass is 9.73. The zero-order valence-electron chi connectivity index (χ0n) is 45.4. The van der Waals surface area contributed by atoms with Gasteiger partial charge in [-0.05, 0) is 109 Å². The van der Waals surface area contributed by atoms with Crippen molar-refractivity contribution in [1.82, 2.24) is 24.9 Å². The van der Waals surface area contributed by atoms with Gasteiger partial charge in [0, 0.05) is 81.7 Å². The van der Waals surface area contributed by atoms with Crippen molar-refractivity contribution in [1.29, 1.82) is 0 Å². The predicted molar refractivity (Wildman–Crippen MR) is 318 cm³/mol. The first-order valence-electron chi connectivity index (χ1n) is 27.6. The molecule has 0 unspecified atom stereocenters. The number of methoxy groups -OCH3 is 1. The van der Waals surface area contributed by atoms with Gasteiger partial charge in [0.05, 0.1) is 68.8 Å². The molecular formula is C62H56Cl4F2IN8O10-. The van der Waals surface area contributed by atoms with Gasteiger partial charge in [-0.25, -0.2) is 23.1 Å². The molecule has 5 aliphatic heterocycles. The summed E-state index contributed by atoms with van der Waals surface area (Å²) in [7, 11) is 1.18. The lowest BCUT2D eigenvalue weighted by Gasteiger charge is -2.39. The standard InChI is InChI=1S/C31H29Cl2FN4O6.C30H23Cl2FN4O4.CH4.HI/c1-44-29(40)17-7-8-18(24(11-17)38(42)43)13-35-28-25(15-39)37(14-16-5-6-16)31(26(28)20-3-2-4-22(33)27(20)34)21-10-9-19(32)12-23(21)36-30(31)41;31-16-7-9-19-22(11-16)34-29(40)30(19)24(18-2-1-3-20(32)25(18)33)26-23(36(30)12-14-4-5-14)13-41-27-17-8-6-15(28(38)39)10-21(17)35-37(26)27;;/h2-4,7-12,16,25-26,28,35,39H,5-6,13-15H2,1H3,(H,36,41);1-3,6-11,14,23-24,26H,4-5,12-13H2,(H,34,40)(H,38,39);1H4;1H/p-1/t25-,26-,28+,31+;23-,24-,26+,30+;;/m00../s1. The fraction of sp³-hybridized carbons (Fsp3) is 0.339. The van der Waals surface area contributed by atoms with Crippen LogP contribution in [-0.4, -0.2) is 110 Å². The van der Waals surface area contributed by atoms with E-state index in [4.69, 9.17) is 61.0 Å². The van der Waals surface area contributed by atoms with Gasteiger partial charge < -0.3 is 59.6 Å². The summed E-state index contributed by atoms with van der Waals surface area (Å²) in [5, 5.41) is 48.1. The van der Waals surface area contributed by atoms with E-state index in [1.54, 1.807) is 65.3 Å². The van der Waals surface area contributed by atoms with Gasteiger partial charge in [0.15, 0.2) is 0 Å². The van der Waals surface area contributed by atoms with E-state index in [1.807, 2.05) is 11.0 Å². The number of halogens is 7. The summed E-state index contributed by atoms with van der Waals surface area (Å²) in [5.41, 5.74) is 0.615. The van der Waals surface area contributed by atoms with Gasteiger partial charge in [0.2, 0.25) is 17.7 Å². The first-order chi connectivity index (χ1) is 40.9. The van der Waals surface area contributed by atoms with E-state index in [-0.39, 0.29) is 107 Å². The smallest absolute Gasteiger partial charge is 0.338 e. The number of nitrogens with zero attached hydrogens (tertiary/aromatic N) is 5. The van der Waals surface area contributed by atoms with E-state index in [0.29, 0.717) is 68.3 Å². The second kappa shape index (κ2) is 23.8. The van der Waals surface area contributed by atoms with Gasteiger partial charge in [-0.2, -0.15) is 5.10 Å². The number of aliphatic hydroxyl groups is 1. The first kappa shape index (κ1) is 62.1. The molecular weight excluding hydrogens is 1320 g/mol. The molecule has 454 valence electrons. The van der Waals surface area contributed by atoms with Crippen LogP contribution in [0.1, 0.15) is 99.5 Å². The van der Waals surface area contributed by atoms with E-state index < -0.39 is 75.4 Å². The minimum absolute atomic E-state index is 0. The lowest BCUT2D eigenvalue weighted by Crippen LogP contribution is -3.00. The molecule has 6 heterocycles. The van der Waals surface area contributed by atoms with Gasteiger partial charge in [-0.1, -0.05) is 96.3 Å². The van der Waals surface area contributed by atoms with E-state index in [9.17, 15) is 39.5 Å². The third kappa shape index (κ3) is 10.1. The van der Waals surface area contributed by atoms with E-state index in [0.717, 1.165) is 37.3 Å². The van der Waals surface area contributed by atoms with E-state index >= 15 is 8.78 Å². The normalized spacial score (nSPS) is 24.8. The van der Waals surface area contributed by atoms with Crippen LogP contribution < -0.4 is 44.7 Å². The number of carbonyl (C=O) groups is 4. The quantitative estimate of drug-likeness (QED) is 0.0316. The monoisotopic (exact) mass is 1380 g/mol. The zero-order chi connectivity index (χ0) is 59.5. The Morgan fingerprint density at radius 3 is 1.91 bits per heavy atom. The highest BCUT2D eigenvalue weighted by Crippen LogP contribution is 2.64. The summed E-state index contributed by atoms with van der Waals surface area (Å²) in [4.78, 5) is 68.0. The number of carboxylic acids is 1. The van der Waals surface area contributed by atoms with E-state index in [1.165, 1.54) is 43.5 Å². The summed E-state index contributed by atoms with van der Waals surface area (Å²) >= 11 is 25.3. The number of rotatable bonds is 13. The Labute approximate surface area is 534 Å². The summed E-state index contributed by atoms with van der Waals surface area (Å²) in [6, 6.07) is 26.2. The molecule has 2 amide bonds. The highest BCUT2D eigenvalue weighted by Gasteiger charge is 2.70. The van der Waals surface area contributed by atoms with Crippen molar-refractivity contribution >= 4 is 98.1 Å². The summed E-state index contributed by atoms with van der Waals surface area (Å²) in [5.74, 6) is -4.25. The Hall–Kier alpha value is -6.54. The fourth-order valence-corrected chi connectivity index (χ4v) is 14.8. The van der Waals surface area contributed by atoms with Crippen LogP contribution in [-0.2, 0) is 31.9 Å². The van der Waals surface area contributed by atoms with Crippen LogP contribution in [0.3, 0.4) is 0 Å². The Balaban J connectivity index is 0.000000176. The van der Waals surface area contributed by atoms with Crippen molar-refractivity contribution in [2.45, 2.75) is 86.7 Å². The van der Waals surface area contributed by atoms with Crippen molar-refractivity contribution in [3.05, 3.63) is 190 Å². The maximum atomic E-state index is 16.1. The molecule has 7 aliphatic rings. The molecule has 2 spiro atoms. The Bertz CT molecular complexity index is 3990. The minimum atomic E-state index is -1.46. The van der Waals surface area contributed by atoms with Crippen LogP contribution in [0, 0.1) is 33.6 Å². The third-order valence-corrected chi connectivity index (χ3v) is 19.1. The number of nitro groups is 1. The number of esters is 1. The summed E-state index contributed by atoms with van der Waals surface area (Å²) < 4.78 is 44.9. The van der Waals surface area contributed by atoms with Crippen LogP contribution in [0.4, 0.5) is 25.8 Å². The number of benzene rings is 6. The second-order valence-corrected chi connectivity index (χ2v) is 24.3. The fourth-order valence-electron chi connectivity index (χ4n) is 14.1. The van der Waals surface area contributed by atoms with Crippen LogP contribution >= 0.6 is 46.4 Å². The second-order valence-electron chi connectivity index (χ2n) is 22.7. The van der Waals surface area contributed by atoms with Crippen molar-refractivity contribution in [3.63, 3.8) is 0 Å². The number of likely N-dealkylation sites (tertiary alicyclic amines) is 2. The van der Waals surface area contributed by atoms with Crippen molar-refractivity contribution in [2.24, 2.45) is 11.8 Å². The SMILES string of the molecule is C.COC(=O)c1ccc(CN[C@@H]2[C@H](CO)N(CC3CC3)[C@@]3(C(=O)Nc4cc(Cl)ccc43)[C@H]2c2cccc(Cl)c2F)c([N+](=O)[O-])c1.O=C(O)c1ccc2c3n(nc2c1)[C@@H]1[C@H](CO3)N(CC2CC2)[C@@]2(C(=O)Nc3cc(Cl)ccc32)[C@H]1c1cccc(Cl)c1F.[I-]. The van der Waals surface area contributed by atoms with Gasteiger partial charge >= 0.3 is 11.9 Å². The molecule has 6 aromatic carbocycles. The molecule has 7 aromatic rings. The molecule has 2 saturated carbocycles. The van der Waals surface area contributed by atoms with Crippen LogP contribution in [0.15, 0.2) is 109 Å². The molecule has 1 aromatic heterocycles. The highest BCUT2D eigenvalue weighted by atomic mass is 127. The van der Waals surface area contributed by atoms with Crippen LogP contribution in [0.5, 0.6) is 5.88 Å². The zero-order valence-corrected chi connectivity index (χ0v) is 50.6. The molecule has 2 saturated heterocycles. The Morgan fingerprint density at radius 1 is 0.793 bits per heavy atom. The average Bonchev–Trinajstić information content (AvgIpc) is 1.53. The highest BCUT2D eigenvalue weighted by molar-refractivity contribution is 6.32. The number of nitrogens with one attached hydrogen (secondary N) is 3. The number of carboxylic acid groups (broad SMARTS) is 1. The number of nitro benzene ring substituents is 1. The third-order valence-electron chi connectivity index (χ3n) is 18.0. The molecule has 87 heavy (non-hydrogen) atoms. The topological polar surface area (TPSA) is 231 Å². The number of aliphatic hydroxyl groups excluding tert-OH is 1. The number of hydrogen-bond donors (Lipinski definition) is 5.